The van der Waals surface area contributed by atoms with Gasteiger partial charge < -0.3 is 9.16 Å². The van der Waals surface area contributed by atoms with Gasteiger partial charge in [-0.2, -0.15) is 0 Å². The molecule has 30 heavy (non-hydrogen) atoms. The molecule has 0 N–H and O–H groups in total. The molecule has 1 heterocycles. The van der Waals surface area contributed by atoms with Crippen LogP contribution >= 0.6 is 11.6 Å². The first kappa shape index (κ1) is 21.3. The fourth-order valence-electron chi connectivity index (χ4n) is 7.20. The highest BCUT2D eigenvalue weighted by Crippen LogP contribution is 2.71. The Balaban J connectivity index is 1.38. The summed E-state index contributed by atoms with van der Waals surface area (Å²) in [5.41, 5.74) is 3.59. The number of ether oxygens (including phenoxy) is 1. The molecule has 1 spiro atoms. The average Bonchev–Trinajstić information content (AvgIpc) is 3.32. The number of aryl methyl sites for hydroxylation is 1. The molecule has 2 nitrogen and oxygen atoms in total. The minimum absolute atomic E-state index is 0.103. The van der Waals surface area contributed by atoms with Crippen molar-refractivity contribution in [2.24, 2.45) is 17.3 Å². The highest BCUT2D eigenvalue weighted by atomic mass is 35.5. The lowest BCUT2D eigenvalue weighted by atomic mass is 9.53. The number of hydrogen-bond acceptors (Lipinski definition) is 2. The molecule has 0 unspecified atom stereocenters. The van der Waals surface area contributed by atoms with Crippen molar-refractivity contribution in [3.63, 3.8) is 0 Å². The van der Waals surface area contributed by atoms with Crippen molar-refractivity contribution in [3.05, 3.63) is 29.3 Å². The van der Waals surface area contributed by atoms with E-state index in [4.69, 9.17) is 20.8 Å². The van der Waals surface area contributed by atoms with E-state index in [1.807, 2.05) is 0 Å². The Morgan fingerprint density at radius 3 is 2.60 bits per heavy atom. The van der Waals surface area contributed by atoms with Crippen LogP contribution in [0.2, 0.25) is 18.1 Å². The summed E-state index contributed by atoms with van der Waals surface area (Å²) < 4.78 is 12.9. The number of halogens is 1. The largest absolute Gasteiger partial charge is 0.543 e. The summed E-state index contributed by atoms with van der Waals surface area (Å²) in [5.74, 6) is 4.08. The molecule has 1 saturated heterocycles. The molecule has 0 bridgehead atoms. The van der Waals surface area contributed by atoms with E-state index in [0.717, 1.165) is 23.5 Å². The lowest BCUT2D eigenvalue weighted by molar-refractivity contribution is 0.0120. The second-order valence-corrected chi connectivity index (χ2v) is 17.3. The Morgan fingerprint density at radius 1 is 1.17 bits per heavy atom. The minimum Gasteiger partial charge on any atom is -0.543 e. The van der Waals surface area contributed by atoms with Gasteiger partial charge in [0.25, 0.3) is 0 Å². The standard InChI is InChI=1S/C26H39ClO2Si/c1-24(2,3)30(5,6)29-18-8-10-19-17(15-18)7-9-21-20(19)11-13-25(4)22(21)12-14-26(25)23(16-27)28-26/h8,10,15,20-23H,7,9,11-14,16H2,1-6H3/t20-,21-,22+,23+,25+,26+/m1/s1. The summed E-state index contributed by atoms with van der Waals surface area (Å²) >= 11 is 6.22. The van der Waals surface area contributed by atoms with Gasteiger partial charge in [-0.05, 0) is 97.7 Å². The second-order valence-electron chi connectivity index (χ2n) is 12.3. The van der Waals surface area contributed by atoms with Crippen LogP contribution < -0.4 is 4.43 Å². The Labute approximate surface area is 189 Å². The molecule has 4 aliphatic rings. The van der Waals surface area contributed by atoms with Crippen LogP contribution in [0, 0.1) is 17.3 Å². The Bertz CT molecular complexity index is 846. The smallest absolute Gasteiger partial charge is 0.250 e. The summed E-state index contributed by atoms with van der Waals surface area (Å²) in [5, 5.41) is 0.228. The number of alkyl halides is 1. The number of hydrogen-bond donors (Lipinski definition) is 0. The second kappa shape index (κ2) is 6.75. The fourth-order valence-corrected chi connectivity index (χ4v) is 8.54. The molecule has 6 atom stereocenters. The summed E-state index contributed by atoms with van der Waals surface area (Å²) in [6.45, 7) is 14.2. The van der Waals surface area contributed by atoms with Gasteiger partial charge in [0.2, 0.25) is 8.32 Å². The molecule has 2 saturated carbocycles. The van der Waals surface area contributed by atoms with Crippen LogP contribution in [0.4, 0.5) is 0 Å². The van der Waals surface area contributed by atoms with Gasteiger partial charge in [0.05, 0.1) is 5.88 Å². The third-order valence-electron chi connectivity index (χ3n) is 10.0. The molecule has 0 amide bonds. The van der Waals surface area contributed by atoms with E-state index in [1.54, 1.807) is 11.1 Å². The first-order valence-corrected chi connectivity index (χ1v) is 15.5. The van der Waals surface area contributed by atoms with Crippen LogP contribution in [0.15, 0.2) is 18.2 Å². The van der Waals surface area contributed by atoms with Gasteiger partial charge >= 0.3 is 0 Å². The van der Waals surface area contributed by atoms with Crippen molar-refractivity contribution in [3.8, 4) is 5.75 Å². The highest BCUT2D eigenvalue weighted by molar-refractivity contribution is 6.74. The molecule has 1 aromatic carbocycles. The van der Waals surface area contributed by atoms with Gasteiger partial charge in [0.15, 0.2) is 0 Å². The van der Waals surface area contributed by atoms with Crippen molar-refractivity contribution in [2.45, 2.75) is 102 Å². The minimum atomic E-state index is -1.80. The molecule has 5 rings (SSSR count). The zero-order valence-electron chi connectivity index (χ0n) is 19.7. The van der Waals surface area contributed by atoms with Gasteiger partial charge in [-0.15, -0.1) is 11.6 Å². The monoisotopic (exact) mass is 446 g/mol. The van der Waals surface area contributed by atoms with E-state index in [-0.39, 0.29) is 10.6 Å². The third kappa shape index (κ3) is 2.90. The summed E-state index contributed by atoms with van der Waals surface area (Å²) in [7, 11) is -1.80. The van der Waals surface area contributed by atoms with Gasteiger partial charge in [-0.25, -0.2) is 0 Å². The first-order chi connectivity index (χ1) is 14.0. The lowest BCUT2D eigenvalue weighted by Crippen LogP contribution is -2.46. The number of fused-ring (bicyclic) bond motifs is 6. The lowest BCUT2D eigenvalue weighted by Gasteiger charge is -2.50. The van der Waals surface area contributed by atoms with Gasteiger partial charge in [-0.1, -0.05) is 33.8 Å². The van der Waals surface area contributed by atoms with Crippen molar-refractivity contribution in [2.75, 3.05) is 5.88 Å². The van der Waals surface area contributed by atoms with E-state index >= 15 is 0 Å². The summed E-state index contributed by atoms with van der Waals surface area (Å²) in [6.07, 6.45) is 7.96. The number of epoxide rings is 1. The number of benzene rings is 1. The molecular weight excluding hydrogens is 408 g/mol. The van der Waals surface area contributed by atoms with Gasteiger partial charge in [-0.3, -0.25) is 0 Å². The van der Waals surface area contributed by atoms with Crippen molar-refractivity contribution < 1.29 is 9.16 Å². The van der Waals surface area contributed by atoms with Crippen LogP contribution in [0.1, 0.15) is 76.8 Å². The molecule has 0 radical (unpaired) electrons. The Morgan fingerprint density at radius 2 is 1.93 bits per heavy atom. The molecular formula is C26H39ClO2Si. The first-order valence-electron chi connectivity index (χ1n) is 12.1. The molecule has 4 heteroatoms. The van der Waals surface area contributed by atoms with E-state index in [1.165, 1.54) is 38.5 Å². The van der Waals surface area contributed by atoms with Crippen molar-refractivity contribution in [1.29, 1.82) is 0 Å². The van der Waals surface area contributed by atoms with Crippen LogP contribution in [0.25, 0.3) is 0 Å². The summed E-state index contributed by atoms with van der Waals surface area (Å²) in [6, 6.07) is 7.06. The fraction of sp³-hybridized carbons (Fsp3) is 0.769. The predicted molar refractivity (Wildman–Crippen MR) is 127 cm³/mol. The molecule has 3 fully saturated rings. The zero-order chi connectivity index (χ0) is 21.5. The van der Waals surface area contributed by atoms with Gasteiger partial charge in [0.1, 0.15) is 17.5 Å². The topological polar surface area (TPSA) is 21.8 Å². The maximum Gasteiger partial charge on any atom is 0.250 e. The molecule has 1 aromatic rings. The van der Waals surface area contributed by atoms with Crippen LogP contribution in [-0.2, 0) is 11.2 Å². The van der Waals surface area contributed by atoms with Crippen molar-refractivity contribution >= 4 is 19.9 Å². The quantitative estimate of drug-likeness (QED) is 0.276. The zero-order valence-corrected chi connectivity index (χ0v) is 21.4. The molecule has 1 aliphatic heterocycles. The Kier molecular flexibility index (Phi) is 4.80. The van der Waals surface area contributed by atoms with E-state index in [0.29, 0.717) is 17.4 Å². The Hall–Kier alpha value is -0.513. The summed E-state index contributed by atoms with van der Waals surface area (Å²) in [4.78, 5) is 0. The maximum absolute atomic E-state index is 6.62. The van der Waals surface area contributed by atoms with Gasteiger partial charge in [0, 0.05) is 5.41 Å². The van der Waals surface area contributed by atoms with E-state index < -0.39 is 8.32 Å². The molecule has 0 aromatic heterocycles. The third-order valence-corrected chi connectivity index (χ3v) is 14.7. The van der Waals surface area contributed by atoms with E-state index in [9.17, 15) is 0 Å². The normalized spacial score (nSPS) is 40.0. The highest BCUT2D eigenvalue weighted by Gasteiger charge is 2.73. The van der Waals surface area contributed by atoms with Crippen LogP contribution in [0.3, 0.4) is 0 Å². The molecule has 166 valence electrons. The number of rotatable bonds is 3. The predicted octanol–water partition coefficient (Wildman–Crippen LogP) is 7.30. The average molecular weight is 447 g/mol. The van der Waals surface area contributed by atoms with Crippen LogP contribution in [0.5, 0.6) is 5.75 Å². The van der Waals surface area contributed by atoms with Crippen LogP contribution in [-0.4, -0.2) is 25.9 Å². The molecule has 3 aliphatic carbocycles. The van der Waals surface area contributed by atoms with E-state index in [2.05, 4.69) is 59.0 Å². The maximum atomic E-state index is 6.62. The SMILES string of the molecule is CC(C)(C)[Si](C)(C)Oc1ccc2c(c1)CC[C@@H]1[C@@H]2CC[C@@]2(C)[C@H]1CC[C@@]21O[C@H]1CCl. The van der Waals surface area contributed by atoms with Crippen molar-refractivity contribution in [1.82, 2.24) is 0 Å².